The molecule has 0 bridgehead atoms. The maximum absolute atomic E-state index is 11.4. The van der Waals surface area contributed by atoms with Gasteiger partial charge in [0.2, 0.25) is 5.91 Å². The second-order valence-corrected chi connectivity index (χ2v) is 5.62. The first-order valence-electron chi connectivity index (χ1n) is 4.16. The van der Waals surface area contributed by atoms with Crippen LogP contribution in [-0.2, 0) is 11.3 Å². The van der Waals surface area contributed by atoms with Gasteiger partial charge in [0, 0.05) is 33.5 Å². The van der Waals surface area contributed by atoms with Crippen molar-refractivity contribution in [2.24, 2.45) is 0 Å². The van der Waals surface area contributed by atoms with Crippen molar-refractivity contribution >= 4 is 49.1 Å². The topological polar surface area (TPSA) is 20.3 Å². The van der Waals surface area contributed by atoms with Gasteiger partial charge < -0.3 is 4.90 Å². The third kappa shape index (κ3) is 3.71. The first kappa shape index (κ1) is 12.2. The average molecular weight is 341 g/mol. The van der Waals surface area contributed by atoms with Crippen LogP contribution < -0.4 is 0 Å². The van der Waals surface area contributed by atoms with Crippen LogP contribution in [0.25, 0.3) is 0 Å². The van der Waals surface area contributed by atoms with Gasteiger partial charge in [0.1, 0.15) is 0 Å². The van der Waals surface area contributed by atoms with E-state index in [-0.39, 0.29) is 5.91 Å². The fourth-order valence-corrected chi connectivity index (χ4v) is 2.87. The van der Waals surface area contributed by atoms with Crippen molar-refractivity contribution in [1.82, 2.24) is 4.90 Å². The molecule has 0 aliphatic heterocycles. The Morgan fingerprint density at radius 1 is 1.64 bits per heavy atom. The summed E-state index contributed by atoms with van der Waals surface area (Å²) in [5, 5.41) is 2.75. The highest BCUT2D eigenvalue weighted by Crippen LogP contribution is 2.20. The molecule has 0 aliphatic rings. The minimum atomic E-state index is 0.173. The fourth-order valence-electron chi connectivity index (χ4n) is 1.03. The van der Waals surface area contributed by atoms with Crippen LogP contribution in [0.15, 0.2) is 15.9 Å². The molecule has 1 heterocycles. The molecule has 0 saturated heterocycles. The summed E-state index contributed by atoms with van der Waals surface area (Å²) in [5.41, 5.74) is 0. The molecule has 5 heteroatoms. The summed E-state index contributed by atoms with van der Waals surface area (Å²) in [7, 11) is 1.83. The lowest BCUT2D eigenvalue weighted by Gasteiger charge is -2.15. The van der Waals surface area contributed by atoms with Gasteiger partial charge in [-0.05, 0) is 22.0 Å². The van der Waals surface area contributed by atoms with Crippen molar-refractivity contribution < 1.29 is 4.79 Å². The van der Waals surface area contributed by atoms with Crippen LogP contribution in [0.4, 0.5) is 0 Å². The molecule has 1 aromatic heterocycles. The van der Waals surface area contributed by atoms with E-state index < -0.39 is 0 Å². The van der Waals surface area contributed by atoms with Crippen molar-refractivity contribution in [3.8, 4) is 0 Å². The second kappa shape index (κ2) is 5.88. The Bertz CT molecular complexity index is 314. The summed E-state index contributed by atoms with van der Waals surface area (Å²) in [6.45, 7) is 0.697. The monoisotopic (exact) mass is 339 g/mol. The van der Waals surface area contributed by atoms with Crippen LogP contribution in [0.3, 0.4) is 0 Å². The van der Waals surface area contributed by atoms with Crippen molar-refractivity contribution in [3.63, 3.8) is 0 Å². The van der Waals surface area contributed by atoms with Crippen LogP contribution >= 0.6 is 43.2 Å². The predicted octanol–water partition coefficient (Wildman–Crippen LogP) is 3.25. The van der Waals surface area contributed by atoms with Crippen molar-refractivity contribution in [2.45, 2.75) is 13.0 Å². The van der Waals surface area contributed by atoms with E-state index in [0.717, 1.165) is 9.80 Å². The maximum Gasteiger partial charge on any atom is 0.223 e. The quantitative estimate of drug-likeness (QED) is 0.770. The maximum atomic E-state index is 11.4. The van der Waals surface area contributed by atoms with E-state index in [0.29, 0.717) is 13.0 Å². The van der Waals surface area contributed by atoms with Gasteiger partial charge in [0.15, 0.2) is 0 Å². The molecule has 0 unspecified atom stereocenters. The highest BCUT2D eigenvalue weighted by Gasteiger charge is 2.09. The molecular formula is C9H11Br2NOS. The van der Waals surface area contributed by atoms with Gasteiger partial charge >= 0.3 is 0 Å². The molecule has 0 radical (unpaired) electrons. The number of carbonyl (C=O) groups excluding carboxylic acids is 1. The summed E-state index contributed by atoms with van der Waals surface area (Å²) in [6.07, 6.45) is 0.559. The van der Waals surface area contributed by atoms with Gasteiger partial charge in [-0.2, -0.15) is 0 Å². The number of nitrogens with zero attached hydrogens (tertiary/aromatic N) is 1. The molecule has 1 aromatic rings. The second-order valence-electron chi connectivity index (χ2n) is 2.92. The van der Waals surface area contributed by atoms with E-state index in [2.05, 4.69) is 31.9 Å². The molecule has 0 N–H and O–H groups in total. The molecule has 0 spiro atoms. The molecule has 0 fully saturated rings. The number of amides is 1. The molecule has 1 rings (SSSR count). The minimum absolute atomic E-state index is 0.173. The fraction of sp³-hybridized carbons (Fsp3) is 0.444. The van der Waals surface area contributed by atoms with Crippen molar-refractivity contribution in [1.29, 1.82) is 0 Å². The third-order valence-electron chi connectivity index (χ3n) is 1.75. The summed E-state index contributed by atoms with van der Waals surface area (Å²) in [6, 6.07) is 2.04. The molecule has 0 aliphatic carbocycles. The Hall–Kier alpha value is 0.130. The predicted molar refractivity (Wildman–Crippen MR) is 66.9 cm³/mol. The zero-order valence-corrected chi connectivity index (χ0v) is 11.8. The summed E-state index contributed by atoms with van der Waals surface area (Å²) < 4.78 is 1.08. The number of hydrogen-bond donors (Lipinski definition) is 0. The molecule has 0 saturated carbocycles. The van der Waals surface area contributed by atoms with E-state index in [4.69, 9.17) is 0 Å². The van der Waals surface area contributed by atoms with Gasteiger partial charge in [-0.3, -0.25) is 4.79 Å². The first-order valence-corrected chi connectivity index (χ1v) is 6.95. The largest absolute Gasteiger partial charge is 0.341 e. The van der Waals surface area contributed by atoms with Gasteiger partial charge in [-0.25, -0.2) is 0 Å². The van der Waals surface area contributed by atoms with E-state index >= 15 is 0 Å². The van der Waals surface area contributed by atoms with Gasteiger partial charge in [-0.1, -0.05) is 15.9 Å². The zero-order chi connectivity index (χ0) is 10.6. The van der Waals surface area contributed by atoms with Crippen LogP contribution in [0.5, 0.6) is 0 Å². The number of halogens is 2. The number of rotatable bonds is 4. The SMILES string of the molecule is CN(Cc1cc(Br)cs1)C(=O)CCBr. The zero-order valence-electron chi connectivity index (χ0n) is 7.80. The third-order valence-corrected chi connectivity index (χ3v) is 3.83. The molecule has 1 amide bonds. The first-order chi connectivity index (χ1) is 6.63. The van der Waals surface area contributed by atoms with Crippen LogP contribution in [0.1, 0.15) is 11.3 Å². The van der Waals surface area contributed by atoms with Crippen molar-refractivity contribution in [2.75, 3.05) is 12.4 Å². The van der Waals surface area contributed by atoms with Crippen LogP contribution in [-0.4, -0.2) is 23.2 Å². The van der Waals surface area contributed by atoms with Crippen LogP contribution in [0.2, 0.25) is 0 Å². The average Bonchev–Trinajstić information content (AvgIpc) is 2.51. The summed E-state index contributed by atoms with van der Waals surface area (Å²) >= 11 is 8.31. The highest BCUT2D eigenvalue weighted by molar-refractivity contribution is 9.10. The van der Waals surface area contributed by atoms with Crippen molar-refractivity contribution in [3.05, 3.63) is 20.8 Å². The lowest BCUT2D eigenvalue weighted by atomic mass is 10.4. The van der Waals surface area contributed by atoms with E-state index in [1.807, 2.05) is 18.5 Å². The molecule has 0 atom stereocenters. The number of thiophene rings is 1. The highest BCUT2D eigenvalue weighted by atomic mass is 79.9. The van der Waals surface area contributed by atoms with Crippen LogP contribution in [0, 0.1) is 0 Å². The number of hydrogen-bond acceptors (Lipinski definition) is 2. The van der Waals surface area contributed by atoms with Gasteiger partial charge in [0.25, 0.3) is 0 Å². The Balaban J connectivity index is 2.48. The standard InChI is InChI=1S/C9H11Br2NOS/c1-12(9(13)2-3-10)5-8-4-7(11)6-14-8/h4,6H,2-3,5H2,1H3. The van der Waals surface area contributed by atoms with Gasteiger partial charge in [0.05, 0.1) is 6.54 Å². The Morgan fingerprint density at radius 3 is 2.86 bits per heavy atom. The smallest absolute Gasteiger partial charge is 0.223 e. The summed E-state index contributed by atoms with van der Waals surface area (Å²) in [4.78, 5) is 14.4. The molecule has 2 nitrogen and oxygen atoms in total. The molecular weight excluding hydrogens is 330 g/mol. The Labute approximate surface area is 105 Å². The molecule has 0 aromatic carbocycles. The minimum Gasteiger partial charge on any atom is -0.341 e. The van der Waals surface area contributed by atoms with E-state index in [1.165, 1.54) is 4.88 Å². The van der Waals surface area contributed by atoms with E-state index in [9.17, 15) is 4.79 Å². The molecule has 78 valence electrons. The summed E-state index contributed by atoms with van der Waals surface area (Å²) in [5.74, 6) is 0.173. The number of carbonyl (C=O) groups is 1. The van der Waals surface area contributed by atoms with E-state index in [1.54, 1.807) is 16.2 Å². The Kier molecular flexibility index (Phi) is 5.12. The Morgan fingerprint density at radius 2 is 2.36 bits per heavy atom. The number of alkyl halides is 1. The normalized spacial score (nSPS) is 10.2. The lowest BCUT2D eigenvalue weighted by molar-refractivity contribution is -0.129. The lowest BCUT2D eigenvalue weighted by Crippen LogP contribution is -2.25. The van der Waals surface area contributed by atoms with Gasteiger partial charge in [-0.15, -0.1) is 11.3 Å². The molecule has 14 heavy (non-hydrogen) atoms.